The van der Waals surface area contributed by atoms with Crippen LogP contribution in [0.5, 0.6) is 0 Å². The second-order valence-electron chi connectivity index (χ2n) is 6.77. The number of hydrogen-bond acceptors (Lipinski definition) is 4. The summed E-state index contributed by atoms with van der Waals surface area (Å²) in [5, 5.41) is 25.2. The van der Waals surface area contributed by atoms with Gasteiger partial charge in [-0.3, -0.25) is 20.2 Å². The maximum absolute atomic E-state index is 11.8. The van der Waals surface area contributed by atoms with Gasteiger partial charge >= 0.3 is 0 Å². The van der Waals surface area contributed by atoms with Crippen LogP contribution < -0.4 is 17.0 Å². The minimum atomic E-state index is -0.568. The van der Waals surface area contributed by atoms with Crippen molar-refractivity contribution in [3.8, 4) is 0 Å². The molecule has 0 saturated heterocycles. The molecule has 152 valence electrons. The van der Waals surface area contributed by atoms with E-state index in [0.29, 0.717) is 22.8 Å². The number of fused-ring (bicyclic) bond motifs is 2. The monoisotopic (exact) mass is 423 g/mol. The SMILES string of the molecule is CC[n+]1ccc(Cc2c([N+](=O)[O-])cc([N+](=O)[O-])c3ccccc23)c2ccccc21.[Cl-]. The van der Waals surface area contributed by atoms with Gasteiger partial charge < -0.3 is 12.4 Å². The fourth-order valence-corrected chi connectivity index (χ4v) is 3.87. The van der Waals surface area contributed by atoms with Crippen molar-refractivity contribution in [2.75, 3.05) is 0 Å². The van der Waals surface area contributed by atoms with Crippen molar-refractivity contribution in [2.45, 2.75) is 19.9 Å². The fourth-order valence-electron chi connectivity index (χ4n) is 3.87. The van der Waals surface area contributed by atoms with E-state index in [-0.39, 0.29) is 23.8 Å². The van der Waals surface area contributed by atoms with Crippen molar-refractivity contribution in [3.05, 3.63) is 98.2 Å². The molecule has 0 radical (unpaired) electrons. The second kappa shape index (κ2) is 8.42. The zero-order valence-electron chi connectivity index (χ0n) is 16.1. The topological polar surface area (TPSA) is 90.2 Å². The Balaban J connectivity index is 0.00000256. The van der Waals surface area contributed by atoms with Crippen LogP contribution in [0.15, 0.2) is 66.9 Å². The van der Waals surface area contributed by atoms with Crippen LogP contribution in [0.4, 0.5) is 11.4 Å². The first kappa shape index (κ1) is 21.1. The number of halogens is 1. The number of nitro groups is 2. The zero-order valence-corrected chi connectivity index (χ0v) is 16.9. The second-order valence-corrected chi connectivity index (χ2v) is 6.77. The molecule has 30 heavy (non-hydrogen) atoms. The highest BCUT2D eigenvalue weighted by Gasteiger charge is 2.26. The Labute approximate surface area is 178 Å². The standard InChI is InChI=1S/C22H18N3O4.ClH/c1-2-23-12-11-15(16-7-5-6-10-20(16)23)13-19-17-8-3-4-9-18(17)21(24(26)27)14-22(19)25(28)29;/h3-12,14H,2,13H2,1H3;1H/q+1;/p-1. The number of benzene rings is 3. The Bertz CT molecular complexity index is 1290. The molecule has 0 aliphatic heterocycles. The smallest absolute Gasteiger partial charge is 0.284 e. The van der Waals surface area contributed by atoms with E-state index in [1.54, 1.807) is 24.3 Å². The molecule has 0 aliphatic rings. The Hall–Kier alpha value is -3.58. The van der Waals surface area contributed by atoms with E-state index in [1.807, 2.05) is 36.5 Å². The Morgan fingerprint density at radius 1 is 0.833 bits per heavy atom. The molecule has 1 heterocycles. The molecule has 0 saturated carbocycles. The summed E-state index contributed by atoms with van der Waals surface area (Å²) in [5.74, 6) is 0. The molecule has 0 aliphatic carbocycles. The lowest BCUT2D eigenvalue weighted by molar-refractivity contribution is -0.667. The van der Waals surface area contributed by atoms with Gasteiger partial charge in [0.1, 0.15) is 6.54 Å². The van der Waals surface area contributed by atoms with E-state index in [0.717, 1.165) is 29.1 Å². The molecule has 4 rings (SSSR count). The van der Waals surface area contributed by atoms with Crippen LogP contribution in [0.3, 0.4) is 0 Å². The maximum atomic E-state index is 11.8. The fraction of sp³-hybridized carbons (Fsp3) is 0.136. The lowest BCUT2D eigenvalue weighted by Gasteiger charge is -2.10. The maximum Gasteiger partial charge on any atom is 0.284 e. The minimum absolute atomic E-state index is 0. The van der Waals surface area contributed by atoms with Gasteiger partial charge in [-0.2, -0.15) is 4.57 Å². The highest BCUT2D eigenvalue weighted by atomic mass is 35.5. The third-order valence-corrected chi connectivity index (χ3v) is 5.23. The molecule has 8 heteroatoms. The lowest BCUT2D eigenvalue weighted by Crippen LogP contribution is -3.00. The van der Waals surface area contributed by atoms with E-state index in [4.69, 9.17) is 0 Å². The number of nitro benzene ring substituents is 2. The van der Waals surface area contributed by atoms with Gasteiger partial charge in [0.05, 0.1) is 21.3 Å². The molecule has 0 fully saturated rings. The summed E-state index contributed by atoms with van der Waals surface area (Å²) in [5.41, 5.74) is 1.98. The molecule has 1 aromatic heterocycles. The van der Waals surface area contributed by atoms with Crippen LogP contribution in [-0.2, 0) is 13.0 Å². The van der Waals surface area contributed by atoms with Gasteiger partial charge in [0.2, 0.25) is 5.52 Å². The molecule has 3 aromatic carbocycles. The Morgan fingerprint density at radius 3 is 2.07 bits per heavy atom. The number of non-ortho nitro benzene ring substituents is 1. The third kappa shape index (κ3) is 3.55. The van der Waals surface area contributed by atoms with Crippen molar-refractivity contribution in [3.63, 3.8) is 0 Å². The van der Waals surface area contributed by atoms with Crippen molar-refractivity contribution in [1.29, 1.82) is 0 Å². The minimum Gasteiger partial charge on any atom is -1.00 e. The van der Waals surface area contributed by atoms with E-state index >= 15 is 0 Å². The van der Waals surface area contributed by atoms with E-state index in [9.17, 15) is 20.2 Å². The molecule has 0 atom stereocenters. The number of aromatic nitrogens is 1. The first-order chi connectivity index (χ1) is 14.0. The quantitative estimate of drug-likeness (QED) is 0.277. The number of rotatable bonds is 5. The Morgan fingerprint density at radius 2 is 1.43 bits per heavy atom. The summed E-state index contributed by atoms with van der Waals surface area (Å²) < 4.78 is 2.11. The van der Waals surface area contributed by atoms with Crippen molar-refractivity contribution < 1.29 is 26.8 Å². The highest BCUT2D eigenvalue weighted by Crippen LogP contribution is 2.37. The summed E-state index contributed by atoms with van der Waals surface area (Å²) in [4.78, 5) is 22.2. The first-order valence-corrected chi connectivity index (χ1v) is 9.24. The van der Waals surface area contributed by atoms with Crippen LogP contribution in [0, 0.1) is 20.2 Å². The van der Waals surface area contributed by atoms with Gasteiger partial charge in [-0.15, -0.1) is 0 Å². The number of hydrogen-bond donors (Lipinski definition) is 0. The zero-order chi connectivity index (χ0) is 20.5. The molecule has 0 amide bonds. The van der Waals surface area contributed by atoms with Crippen LogP contribution in [-0.4, -0.2) is 9.85 Å². The first-order valence-electron chi connectivity index (χ1n) is 9.24. The highest BCUT2D eigenvalue weighted by molar-refractivity contribution is 5.96. The summed E-state index contributed by atoms with van der Waals surface area (Å²) in [7, 11) is 0. The van der Waals surface area contributed by atoms with E-state index in [2.05, 4.69) is 11.5 Å². The van der Waals surface area contributed by atoms with Crippen LogP contribution >= 0.6 is 0 Å². The average molecular weight is 424 g/mol. The molecule has 7 nitrogen and oxygen atoms in total. The van der Waals surface area contributed by atoms with Gasteiger partial charge in [0.25, 0.3) is 11.4 Å². The molecular weight excluding hydrogens is 406 g/mol. The number of pyridine rings is 1. The molecular formula is C22H18ClN3O4. The summed E-state index contributed by atoms with van der Waals surface area (Å²) >= 11 is 0. The average Bonchev–Trinajstić information content (AvgIpc) is 2.73. The Kier molecular flexibility index (Phi) is 5.94. The predicted octanol–water partition coefficient (Wildman–Crippen LogP) is 1.71. The molecule has 0 bridgehead atoms. The lowest BCUT2D eigenvalue weighted by atomic mass is 9.94. The molecule has 0 spiro atoms. The van der Waals surface area contributed by atoms with Crippen LogP contribution in [0.2, 0.25) is 0 Å². The van der Waals surface area contributed by atoms with Crippen molar-refractivity contribution in [1.82, 2.24) is 0 Å². The number of para-hydroxylation sites is 1. The van der Waals surface area contributed by atoms with Crippen LogP contribution in [0.25, 0.3) is 21.7 Å². The van der Waals surface area contributed by atoms with Crippen LogP contribution in [0.1, 0.15) is 18.1 Å². The normalized spacial score (nSPS) is 10.7. The predicted molar refractivity (Wildman–Crippen MR) is 110 cm³/mol. The molecule has 0 N–H and O–H groups in total. The molecule has 0 unspecified atom stereocenters. The largest absolute Gasteiger partial charge is 1.00 e. The van der Waals surface area contributed by atoms with Crippen molar-refractivity contribution >= 4 is 33.1 Å². The van der Waals surface area contributed by atoms with Gasteiger partial charge in [-0.05, 0) is 30.0 Å². The van der Waals surface area contributed by atoms with Crippen molar-refractivity contribution in [2.24, 2.45) is 0 Å². The van der Waals surface area contributed by atoms with Gasteiger partial charge in [-0.25, -0.2) is 0 Å². The number of nitrogens with zero attached hydrogens (tertiary/aromatic N) is 3. The van der Waals surface area contributed by atoms with E-state index in [1.165, 1.54) is 0 Å². The number of aryl methyl sites for hydroxylation is 1. The summed E-state index contributed by atoms with van der Waals surface area (Å²) in [6.45, 7) is 2.86. The van der Waals surface area contributed by atoms with Gasteiger partial charge in [-0.1, -0.05) is 30.3 Å². The van der Waals surface area contributed by atoms with Gasteiger partial charge in [0, 0.05) is 29.5 Å². The third-order valence-electron chi connectivity index (χ3n) is 5.23. The molecule has 4 aromatic rings. The van der Waals surface area contributed by atoms with Gasteiger partial charge in [0.15, 0.2) is 6.20 Å². The van der Waals surface area contributed by atoms with E-state index < -0.39 is 9.85 Å². The summed E-state index contributed by atoms with van der Waals surface area (Å²) in [6.07, 6.45) is 2.27. The summed E-state index contributed by atoms with van der Waals surface area (Å²) in [6, 6.07) is 17.7.